The molecule has 8 bridgehead atoms. The summed E-state index contributed by atoms with van der Waals surface area (Å²) in [5.41, 5.74) is 9.04. The smallest absolute Gasteiger partial charge is 0.126 e. The summed E-state index contributed by atoms with van der Waals surface area (Å²) in [4.78, 5) is 16.0. The molecule has 1 aromatic carbocycles. The van der Waals surface area contributed by atoms with Gasteiger partial charge in [0.25, 0.3) is 0 Å². The molecule has 2 N–H and O–H groups in total. The van der Waals surface area contributed by atoms with Crippen LogP contribution < -0.4 is 4.74 Å². The van der Waals surface area contributed by atoms with Gasteiger partial charge in [-0.05, 0) is 85.0 Å². The zero-order valence-corrected chi connectivity index (χ0v) is 22.1. The minimum absolute atomic E-state index is 0. The van der Waals surface area contributed by atoms with Gasteiger partial charge in [-0.3, -0.25) is 0 Å². The Bertz CT molecular complexity index is 1540. The Labute approximate surface area is 215 Å². The number of nitrogens with one attached hydrogen (secondary N) is 2. The molecule has 6 heterocycles. The number of rotatable bonds is 0. The number of H-pyrrole nitrogens is 2. The van der Waals surface area contributed by atoms with Gasteiger partial charge in [0.15, 0.2) is 0 Å². The molecule has 0 aliphatic carbocycles. The summed E-state index contributed by atoms with van der Waals surface area (Å²) >= 11 is 0. The van der Waals surface area contributed by atoms with Gasteiger partial charge < -0.3 is 14.7 Å². The van der Waals surface area contributed by atoms with Gasteiger partial charge in [-0.2, -0.15) is 0 Å². The number of fused-ring (bicyclic) bond motifs is 9. The second-order valence-corrected chi connectivity index (χ2v) is 8.16. The Morgan fingerprint density at radius 3 is 1.66 bits per heavy atom. The molecule has 0 fully saturated rings. The molecule has 5 nitrogen and oxygen atoms in total. The molecule has 7 rings (SSSR count). The fourth-order valence-electron chi connectivity index (χ4n) is 4.01. The van der Waals surface area contributed by atoms with Crippen LogP contribution in [0.3, 0.4) is 0 Å². The van der Waals surface area contributed by atoms with Crippen LogP contribution in [0.1, 0.15) is 28.3 Å². The molecular weight excluding hydrogens is 486 g/mol. The topological polar surface area (TPSA) is 66.6 Å². The van der Waals surface area contributed by atoms with Crippen LogP contribution in [0.25, 0.3) is 52.4 Å². The molecule has 3 aliphatic heterocycles. The van der Waals surface area contributed by atoms with Crippen molar-refractivity contribution in [3.05, 3.63) is 107 Å². The summed E-state index contributed by atoms with van der Waals surface area (Å²) in [5, 5.41) is 0. The van der Waals surface area contributed by atoms with Crippen molar-refractivity contribution in [2.24, 2.45) is 0 Å². The van der Waals surface area contributed by atoms with E-state index in [1.165, 1.54) is 5.56 Å². The standard InChI is InChI=1S/C20H14N4.C9H8O.Zn/c1-2-14-10-16-5-6-18(23-16)12-20-8-7-19(24-20)11-17-4-3-15(22-17)9-13(1)21-14;1-2-6-9-8(4-1)5-3-7-10-9;/h1-12,21-22H;1-6H,7H2;. The summed E-state index contributed by atoms with van der Waals surface area (Å²) in [6, 6.07) is 24.4. The zero-order chi connectivity index (χ0) is 22.7. The maximum atomic E-state index is 5.34. The molecular formula is C29H22N4OZn. The molecule has 0 radical (unpaired) electrons. The maximum Gasteiger partial charge on any atom is 0.126 e. The first-order valence-electron chi connectivity index (χ1n) is 11.2. The average Bonchev–Trinajstić information content (AvgIpc) is 3.66. The predicted octanol–water partition coefficient (Wildman–Crippen LogP) is 6.75. The summed E-state index contributed by atoms with van der Waals surface area (Å²) in [6.45, 7) is 0.705. The van der Waals surface area contributed by atoms with Crippen molar-refractivity contribution in [3.63, 3.8) is 0 Å². The number of nitrogens with zero attached hydrogens (tertiary/aromatic N) is 2. The van der Waals surface area contributed by atoms with Crippen LogP contribution in [0.5, 0.6) is 5.75 Å². The Morgan fingerprint density at radius 2 is 1.09 bits per heavy atom. The van der Waals surface area contributed by atoms with Gasteiger partial charge in [-0.15, -0.1) is 0 Å². The third-order valence-corrected chi connectivity index (χ3v) is 5.59. The van der Waals surface area contributed by atoms with Crippen molar-refractivity contribution >= 4 is 52.4 Å². The molecule has 166 valence electrons. The van der Waals surface area contributed by atoms with Crippen molar-refractivity contribution in [1.82, 2.24) is 19.9 Å². The second kappa shape index (κ2) is 10.1. The molecule has 6 heteroatoms. The van der Waals surface area contributed by atoms with Crippen LogP contribution in [-0.4, -0.2) is 26.5 Å². The van der Waals surface area contributed by atoms with Crippen LogP contribution in [-0.2, 0) is 19.5 Å². The van der Waals surface area contributed by atoms with Crippen LogP contribution in [0.15, 0.2) is 78.9 Å². The zero-order valence-electron chi connectivity index (χ0n) is 19.1. The second-order valence-electron chi connectivity index (χ2n) is 8.16. The van der Waals surface area contributed by atoms with E-state index < -0.39 is 0 Å². The van der Waals surface area contributed by atoms with E-state index in [1.807, 2.05) is 72.8 Å². The van der Waals surface area contributed by atoms with E-state index in [4.69, 9.17) is 4.74 Å². The Balaban J connectivity index is 0.000000194. The van der Waals surface area contributed by atoms with Gasteiger partial charge >= 0.3 is 0 Å². The van der Waals surface area contributed by atoms with Crippen LogP contribution >= 0.6 is 0 Å². The van der Waals surface area contributed by atoms with E-state index in [2.05, 4.69) is 56.3 Å². The van der Waals surface area contributed by atoms with Gasteiger partial charge in [0.05, 0.1) is 22.8 Å². The number of aromatic amines is 2. The molecule has 0 saturated carbocycles. The first-order valence-corrected chi connectivity index (χ1v) is 11.2. The fourth-order valence-corrected chi connectivity index (χ4v) is 4.01. The SMILES string of the molecule is C1=Cc2cc3ccc(cc4ccc(cc5nc(cc1n2)C=C5)[nH]4)[nH]3.C1=Cc2ccccc2OC1.[Zn]. The summed E-state index contributed by atoms with van der Waals surface area (Å²) in [5.74, 6) is 0.991. The number of para-hydroxylation sites is 1. The van der Waals surface area contributed by atoms with Gasteiger partial charge in [0.2, 0.25) is 0 Å². The van der Waals surface area contributed by atoms with Gasteiger partial charge in [-0.1, -0.05) is 24.3 Å². The van der Waals surface area contributed by atoms with Crippen molar-refractivity contribution in [1.29, 1.82) is 0 Å². The molecule has 35 heavy (non-hydrogen) atoms. The molecule has 0 saturated heterocycles. The number of hydrogen-bond donors (Lipinski definition) is 2. The van der Waals surface area contributed by atoms with Crippen molar-refractivity contribution in [2.75, 3.05) is 6.61 Å². The molecule has 0 unspecified atom stereocenters. The van der Waals surface area contributed by atoms with Gasteiger partial charge in [0, 0.05) is 47.1 Å². The van der Waals surface area contributed by atoms with Crippen LogP contribution in [0.2, 0.25) is 0 Å². The maximum absolute atomic E-state index is 5.34. The number of ether oxygens (including phenoxy) is 1. The molecule has 0 atom stereocenters. The molecule has 3 aromatic heterocycles. The predicted molar refractivity (Wildman–Crippen MR) is 140 cm³/mol. The summed E-state index contributed by atoms with van der Waals surface area (Å²) < 4.78 is 5.34. The first kappa shape index (κ1) is 22.8. The average molecular weight is 508 g/mol. The monoisotopic (exact) mass is 506 g/mol. The van der Waals surface area contributed by atoms with E-state index in [9.17, 15) is 0 Å². The first-order chi connectivity index (χ1) is 16.8. The third kappa shape index (κ3) is 5.39. The molecule has 4 aromatic rings. The molecule has 3 aliphatic rings. The minimum Gasteiger partial charge on any atom is -0.489 e. The van der Waals surface area contributed by atoms with Gasteiger partial charge in [0.1, 0.15) is 12.4 Å². The minimum atomic E-state index is 0. The van der Waals surface area contributed by atoms with E-state index in [1.54, 1.807) is 0 Å². The number of hydrogen-bond acceptors (Lipinski definition) is 3. The van der Waals surface area contributed by atoms with E-state index >= 15 is 0 Å². The Hall–Kier alpha value is -4.02. The molecule has 0 spiro atoms. The van der Waals surface area contributed by atoms with Crippen molar-refractivity contribution in [2.45, 2.75) is 0 Å². The summed E-state index contributed by atoms with van der Waals surface area (Å²) in [6.07, 6.45) is 12.1. The number of aromatic nitrogens is 4. The van der Waals surface area contributed by atoms with E-state index in [0.29, 0.717) is 6.61 Å². The van der Waals surface area contributed by atoms with Crippen molar-refractivity contribution < 1.29 is 24.2 Å². The Kier molecular flexibility index (Phi) is 6.56. The van der Waals surface area contributed by atoms with E-state index in [0.717, 1.165) is 50.6 Å². The fraction of sp³-hybridized carbons (Fsp3) is 0.0345. The van der Waals surface area contributed by atoms with Gasteiger partial charge in [-0.25, -0.2) is 9.97 Å². The Morgan fingerprint density at radius 1 is 0.571 bits per heavy atom. The normalized spacial score (nSPS) is 12.7. The number of benzene rings is 1. The van der Waals surface area contributed by atoms with Crippen molar-refractivity contribution in [3.8, 4) is 5.75 Å². The summed E-state index contributed by atoms with van der Waals surface area (Å²) in [7, 11) is 0. The quantitative estimate of drug-likeness (QED) is 0.224. The molecule has 0 amide bonds. The van der Waals surface area contributed by atoms with E-state index in [-0.39, 0.29) is 19.5 Å². The van der Waals surface area contributed by atoms with Crippen LogP contribution in [0, 0.1) is 0 Å². The van der Waals surface area contributed by atoms with Crippen LogP contribution in [0.4, 0.5) is 0 Å². The largest absolute Gasteiger partial charge is 0.489 e. The third-order valence-electron chi connectivity index (χ3n) is 5.59.